The van der Waals surface area contributed by atoms with E-state index in [2.05, 4.69) is 13.8 Å². The molecule has 0 radical (unpaired) electrons. The molecule has 0 saturated heterocycles. The molecule has 166 valence electrons. The van der Waals surface area contributed by atoms with Crippen molar-refractivity contribution in [3.8, 4) is 22.6 Å². The van der Waals surface area contributed by atoms with Crippen molar-refractivity contribution in [2.24, 2.45) is 5.92 Å². The molecule has 1 unspecified atom stereocenters. The second kappa shape index (κ2) is 9.03. The molecule has 2 amide bonds. The Morgan fingerprint density at radius 2 is 1.50 bits per heavy atom. The molecule has 1 N–H and O–H groups in total. The zero-order valence-electron chi connectivity index (χ0n) is 18.9. The molecule has 3 aromatic rings. The van der Waals surface area contributed by atoms with Crippen LogP contribution in [0.3, 0.4) is 0 Å². The van der Waals surface area contributed by atoms with E-state index >= 15 is 0 Å². The Bertz CT molecular complexity index is 1140. The van der Waals surface area contributed by atoms with Gasteiger partial charge in [0.2, 0.25) is 0 Å². The van der Waals surface area contributed by atoms with E-state index < -0.39 is 0 Å². The van der Waals surface area contributed by atoms with Crippen LogP contribution in [0.1, 0.15) is 60.2 Å². The molecule has 5 nitrogen and oxygen atoms in total. The summed E-state index contributed by atoms with van der Waals surface area (Å²) in [5, 5.41) is 11.8. The molecule has 0 fully saturated rings. The lowest BCUT2D eigenvalue weighted by Gasteiger charge is -2.30. The van der Waals surface area contributed by atoms with Crippen molar-refractivity contribution >= 4 is 22.6 Å². The number of ether oxygens (including phenoxy) is 1. The van der Waals surface area contributed by atoms with E-state index in [-0.39, 0.29) is 23.5 Å². The van der Waals surface area contributed by atoms with Crippen molar-refractivity contribution in [1.29, 1.82) is 0 Å². The first-order valence-electron chi connectivity index (χ1n) is 11.3. The number of hydrogen-bond donors (Lipinski definition) is 1. The van der Waals surface area contributed by atoms with Gasteiger partial charge in [-0.25, -0.2) is 0 Å². The van der Waals surface area contributed by atoms with E-state index in [0.717, 1.165) is 42.6 Å². The molecule has 1 aliphatic heterocycles. The van der Waals surface area contributed by atoms with Gasteiger partial charge in [0.15, 0.2) is 0 Å². The number of rotatable bonds is 8. The Labute approximate surface area is 188 Å². The van der Waals surface area contributed by atoms with Gasteiger partial charge in [-0.2, -0.15) is 0 Å². The summed E-state index contributed by atoms with van der Waals surface area (Å²) < 4.78 is 5.24. The van der Waals surface area contributed by atoms with Gasteiger partial charge in [0, 0.05) is 28.4 Å². The molecule has 3 aromatic carbocycles. The summed E-state index contributed by atoms with van der Waals surface area (Å²) in [5.74, 6) is 0.509. The Hall–Kier alpha value is -3.34. The number of hydrogen-bond acceptors (Lipinski definition) is 4. The number of unbranched alkanes of at least 4 members (excludes halogenated alkanes) is 1. The van der Waals surface area contributed by atoms with Gasteiger partial charge in [-0.15, -0.1) is 0 Å². The SMILES string of the molecule is CCCCC(CC)CN1C(=O)c2ccc(O)c3c(-c4ccc(OC)cc4)ccc(c23)C1=O. The minimum absolute atomic E-state index is 0.0554. The van der Waals surface area contributed by atoms with Crippen molar-refractivity contribution in [3.05, 3.63) is 59.7 Å². The molecule has 0 aromatic heterocycles. The Morgan fingerprint density at radius 1 is 0.875 bits per heavy atom. The summed E-state index contributed by atoms with van der Waals surface area (Å²) in [4.78, 5) is 28.2. The van der Waals surface area contributed by atoms with E-state index in [0.29, 0.717) is 28.4 Å². The van der Waals surface area contributed by atoms with Gasteiger partial charge in [0.25, 0.3) is 11.8 Å². The summed E-state index contributed by atoms with van der Waals surface area (Å²) in [7, 11) is 1.61. The number of aromatic hydroxyl groups is 1. The van der Waals surface area contributed by atoms with Crippen molar-refractivity contribution in [2.75, 3.05) is 13.7 Å². The molecule has 1 aliphatic rings. The molecule has 0 spiro atoms. The fourth-order valence-electron chi connectivity index (χ4n) is 4.57. The predicted octanol–water partition coefficient (Wildman–Crippen LogP) is 6.03. The van der Waals surface area contributed by atoms with Crippen LogP contribution in [0.25, 0.3) is 21.9 Å². The van der Waals surface area contributed by atoms with Gasteiger partial charge in [0.05, 0.1) is 7.11 Å². The number of carbonyl (C=O) groups excluding carboxylic acids is 2. The summed E-state index contributed by atoms with van der Waals surface area (Å²) in [6.45, 7) is 4.68. The zero-order valence-corrected chi connectivity index (χ0v) is 18.9. The smallest absolute Gasteiger partial charge is 0.261 e. The lowest BCUT2D eigenvalue weighted by Crippen LogP contribution is -2.43. The van der Waals surface area contributed by atoms with Crippen LogP contribution in [0.2, 0.25) is 0 Å². The quantitative estimate of drug-likeness (QED) is 0.442. The maximum absolute atomic E-state index is 13.4. The summed E-state index contributed by atoms with van der Waals surface area (Å²) in [6, 6.07) is 14.3. The molecule has 0 saturated carbocycles. The summed E-state index contributed by atoms with van der Waals surface area (Å²) >= 11 is 0. The van der Waals surface area contributed by atoms with Gasteiger partial charge >= 0.3 is 0 Å². The highest BCUT2D eigenvalue weighted by Gasteiger charge is 2.35. The maximum atomic E-state index is 13.4. The highest BCUT2D eigenvalue weighted by atomic mass is 16.5. The third-order valence-electron chi connectivity index (χ3n) is 6.47. The van der Waals surface area contributed by atoms with Crippen LogP contribution < -0.4 is 4.74 Å². The maximum Gasteiger partial charge on any atom is 0.261 e. The van der Waals surface area contributed by atoms with Gasteiger partial charge in [0.1, 0.15) is 11.5 Å². The van der Waals surface area contributed by atoms with Crippen LogP contribution in [-0.4, -0.2) is 35.5 Å². The van der Waals surface area contributed by atoms with Crippen LogP contribution in [0.5, 0.6) is 11.5 Å². The average molecular weight is 432 g/mol. The first kappa shape index (κ1) is 21.9. The molecule has 0 bridgehead atoms. The van der Waals surface area contributed by atoms with E-state index in [9.17, 15) is 14.7 Å². The molecule has 32 heavy (non-hydrogen) atoms. The lowest BCUT2D eigenvalue weighted by molar-refractivity contribution is 0.0580. The Morgan fingerprint density at radius 3 is 2.09 bits per heavy atom. The number of carbonyl (C=O) groups is 2. The third-order valence-corrected chi connectivity index (χ3v) is 6.47. The predicted molar refractivity (Wildman–Crippen MR) is 126 cm³/mol. The van der Waals surface area contributed by atoms with Gasteiger partial charge in [-0.1, -0.05) is 51.3 Å². The summed E-state index contributed by atoms with van der Waals surface area (Å²) in [6.07, 6.45) is 4.09. The number of amides is 2. The average Bonchev–Trinajstić information content (AvgIpc) is 2.82. The van der Waals surface area contributed by atoms with Crippen molar-refractivity contribution in [2.45, 2.75) is 39.5 Å². The topological polar surface area (TPSA) is 66.8 Å². The van der Waals surface area contributed by atoms with Gasteiger partial charge in [-0.3, -0.25) is 14.5 Å². The number of phenols is 1. The van der Waals surface area contributed by atoms with Gasteiger partial charge in [-0.05, 0) is 53.8 Å². The van der Waals surface area contributed by atoms with Crippen LogP contribution in [0, 0.1) is 5.92 Å². The van der Waals surface area contributed by atoms with Crippen LogP contribution in [-0.2, 0) is 0 Å². The molecule has 4 rings (SSSR count). The molecule has 0 aliphatic carbocycles. The fraction of sp³-hybridized carbons (Fsp3) is 0.333. The fourth-order valence-corrected chi connectivity index (χ4v) is 4.57. The molecular formula is C27H29NO4. The first-order valence-corrected chi connectivity index (χ1v) is 11.3. The second-order valence-electron chi connectivity index (χ2n) is 8.41. The molecule has 1 atom stereocenters. The lowest BCUT2D eigenvalue weighted by atomic mass is 9.88. The van der Waals surface area contributed by atoms with E-state index in [1.807, 2.05) is 30.3 Å². The minimum Gasteiger partial charge on any atom is -0.507 e. The van der Waals surface area contributed by atoms with E-state index in [4.69, 9.17) is 4.74 Å². The van der Waals surface area contributed by atoms with Crippen molar-refractivity contribution < 1.29 is 19.4 Å². The van der Waals surface area contributed by atoms with Crippen LogP contribution in [0.4, 0.5) is 0 Å². The molecule has 1 heterocycles. The Balaban J connectivity index is 1.81. The number of benzene rings is 3. The Kier molecular flexibility index (Phi) is 6.17. The third kappa shape index (κ3) is 3.72. The number of phenolic OH excluding ortho intramolecular Hbond substituents is 1. The van der Waals surface area contributed by atoms with Crippen LogP contribution in [0.15, 0.2) is 48.5 Å². The molecule has 5 heteroatoms. The van der Waals surface area contributed by atoms with Crippen LogP contribution >= 0.6 is 0 Å². The van der Waals surface area contributed by atoms with Crippen molar-refractivity contribution in [3.63, 3.8) is 0 Å². The molecular weight excluding hydrogens is 402 g/mol. The van der Waals surface area contributed by atoms with Gasteiger partial charge < -0.3 is 9.84 Å². The van der Waals surface area contributed by atoms with E-state index in [1.165, 1.54) is 4.90 Å². The number of methoxy groups -OCH3 is 1. The normalized spacial score (nSPS) is 14.2. The number of nitrogens with zero attached hydrogens (tertiary/aromatic N) is 1. The largest absolute Gasteiger partial charge is 0.507 e. The monoisotopic (exact) mass is 431 g/mol. The summed E-state index contributed by atoms with van der Waals surface area (Å²) in [5.41, 5.74) is 2.58. The number of imide groups is 1. The first-order chi connectivity index (χ1) is 15.5. The standard InChI is InChI=1S/C27H29NO4/c1-4-6-7-17(5-2)16-28-26(30)21-13-12-20(18-8-10-19(32-3)11-9-18)25-23(29)15-14-22(24(21)25)27(28)31/h8-15,17,29H,4-7,16H2,1-3H3. The minimum atomic E-state index is -0.283. The van der Waals surface area contributed by atoms with E-state index in [1.54, 1.807) is 25.3 Å². The zero-order chi connectivity index (χ0) is 22.8. The highest BCUT2D eigenvalue weighted by Crippen LogP contribution is 2.41. The van der Waals surface area contributed by atoms with Crippen molar-refractivity contribution in [1.82, 2.24) is 4.90 Å². The second-order valence-corrected chi connectivity index (χ2v) is 8.41. The highest BCUT2D eigenvalue weighted by molar-refractivity contribution is 6.27.